The lowest BCUT2D eigenvalue weighted by molar-refractivity contribution is 0.0960. The van der Waals surface area contributed by atoms with Crippen molar-refractivity contribution in [1.29, 1.82) is 0 Å². The van der Waals surface area contributed by atoms with Crippen LogP contribution in [0.5, 0.6) is 0 Å². The van der Waals surface area contributed by atoms with E-state index in [0.717, 1.165) is 16.7 Å². The Morgan fingerprint density at radius 1 is 1.11 bits per heavy atom. The van der Waals surface area contributed by atoms with Crippen LogP contribution in [0.4, 0.5) is 0 Å². The van der Waals surface area contributed by atoms with Crippen molar-refractivity contribution in [1.82, 2.24) is 0 Å². The van der Waals surface area contributed by atoms with Crippen LogP contribution < -0.4 is 0 Å². The van der Waals surface area contributed by atoms with E-state index in [0.29, 0.717) is 11.4 Å². The van der Waals surface area contributed by atoms with E-state index < -0.39 is 4.32 Å². The third-order valence-corrected chi connectivity index (χ3v) is 4.67. The van der Waals surface area contributed by atoms with Crippen LogP contribution in [-0.4, -0.2) is 5.78 Å². The van der Waals surface area contributed by atoms with E-state index in [1.807, 2.05) is 48.5 Å². The summed E-state index contributed by atoms with van der Waals surface area (Å²) in [5, 5.41) is 0.648. The molecular weight excluding hydrogens is 312 g/mol. The zero-order chi connectivity index (χ0) is 12.8. The molecule has 0 saturated carbocycles. The van der Waals surface area contributed by atoms with Crippen LogP contribution in [0.2, 0.25) is 5.02 Å². The molecule has 1 atom stereocenters. The molecule has 0 heterocycles. The monoisotopic (exact) mass is 320 g/mol. The minimum Gasteiger partial charge on any atom is -0.292 e. The first-order chi connectivity index (χ1) is 8.61. The van der Waals surface area contributed by atoms with Crippen LogP contribution >= 0.6 is 27.5 Å². The van der Waals surface area contributed by atoms with Gasteiger partial charge in [0.15, 0.2) is 5.78 Å². The number of hydrogen-bond donors (Lipinski definition) is 0. The fourth-order valence-electron chi connectivity index (χ4n) is 2.42. The number of hydrogen-bond acceptors (Lipinski definition) is 1. The van der Waals surface area contributed by atoms with Crippen molar-refractivity contribution in [2.75, 3.05) is 0 Å². The van der Waals surface area contributed by atoms with Gasteiger partial charge in [-0.15, -0.1) is 0 Å². The summed E-state index contributed by atoms with van der Waals surface area (Å²) in [6, 6.07) is 15.2. The minimum absolute atomic E-state index is 0.111. The Kier molecular flexibility index (Phi) is 2.80. The van der Waals surface area contributed by atoms with Crippen molar-refractivity contribution < 1.29 is 4.79 Å². The quantitative estimate of drug-likeness (QED) is 0.713. The molecule has 1 aliphatic rings. The summed E-state index contributed by atoms with van der Waals surface area (Å²) in [5.41, 5.74) is 2.80. The van der Waals surface area contributed by atoms with E-state index in [9.17, 15) is 4.79 Å². The van der Waals surface area contributed by atoms with E-state index in [-0.39, 0.29) is 5.78 Å². The van der Waals surface area contributed by atoms with Crippen LogP contribution in [0, 0.1) is 0 Å². The van der Waals surface area contributed by atoms with Crippen molar-refractivity contribution in [3.8, 4) is 0 Å². The minimum atomic E-state index is -0.665. The number of rotatable bonds is 1. The number of benzene rings is 2. The predicted molar refractivity (Wildman–Crippen MR) is 76.5 cm³/mol. The zero-order valence-electron chi connectivity index (χ0n) is 9.49. The van der Waals surface area contributed by atoms with Gasteiger partial charge in [-0.3, -0.25) is 4.79 Å². The Hall–Kier alpha value is -1.12. The smallest absolute Gasteiger partial charge is 0.184 e. The number of carbonyl (C=O) groups excluding carboxylic acids is 1. The summed E-state index contributed by atoms with van der Waals surface area (Å²) >= 11 is 9.64. The average Bonchev–Trinajstić information content (AvgIpc) is 2.64. The molecule has 0 aromatic heterocycles. The van der Waals surface area contributed by atoms with Gasteiger partial charge in [0.2, 0.25) is 0 Å². The van der Waals surface area contributed by atoms with Crippen molar-refractivity contribution in [3.63, 3.8) is 0 Å². The molecule has 2 aromatic rings. The van der Waals surface area contributed by atoms with Crippen LogP contribution in [-0.2, 0) is 10.7 Å². The van der Waals surface area contributed by atoms with E-state index >= 15 is 0 Å². The highest BCUT2D eigenvalue weighted by molar-refractivity contribution is 9.10. The molecule has 1 unspecified atom stereocenters. The first-order valence-electron chi connectivity index (χ1n) is 5.69. The van der Waals surface area contributed by atoms with Crippen LogP contribution in [0.3, 0.4) is 0 Å². The molecule has 0 saturated heterocycles. The first kappa shape index (κ1) is 11.9. The number of fused-ring (bicyclic) bond motifs is 1. The predicted octanol–water partition coefficient (Wildman–Crippen LogP) is 4.37. The maximum absolute atomic E-state index is 12.5. The molecule has 0 radical (unpaired) electrons. The number of alkyl halides is 1. The summed E-state index contributed by atoms with van der Waals surface area (Å²) < 4.78 is -0.665. The van der Waals surface area contributed by atoms with Crippen LogP contribution in [0.1, 0.15) is 21.5 Å². The lowest BCUT2D eigenvalue weighted by atomic mass is 9.95. The molecule has 0 aliphatic heterocycles. The fourth-order valence-corrected chi connectivity index (χ4v) is 3.37. The summed E-state index contributed by atoms with van der Waals surface area (Å²) in [6.45, 7) is 0. The Bertz CT molecular complexity index is 638. The van der Waals surface area contributed by atoms with E-state index in [1.165, 1.54) is 0 Å². The molecule has 90 valence electrons. The third-order valence-electron chi connectivity index (χ3n) is 3.34. The molecule has 1 aliphatic carbocycles. The zero-order valence-corrected chi connectivity index (χ0v) is 11.8. The highest BCUT2D eigenvalue weighted by Crippen LogP contribution is 2.44. The number of carbonyl (C=O) groups is 1. The van der Waals surface area contributed by atoms with Gasteiger partial charge in [0, 0.05) is 10.6 Å². The Balaban J connectivity index is 2.12. The van der Waals surface area contributed by atoms with Gasteiger partial charge in [-0.05, 0) is 29.7 Å². The Morgan fingerprint density at radius 2 is 1.89 bits per heavy atom. The molecule has 3 rings (SSSR count). The molecule has 1 nitrogen and oxygen atoms in total. The molecule has 3 heteroatoms. The molecule has 0 bridgehead atoms. The maximum atomic E-state index is 12.5. The number of halogens is 2. The summed E-state index contributed by atoms with van der Waals surface area (Å²) in [7, 11) is 0. The molecule has 0 spiro atoms. The van der Waals surface area contributed by atoms with Gasteiger partial charge in [0.1, 0.15) is 4.32 Å². The van der Waals surface area contributed by atoms with Crippen molar-refractivity contribution in [2.45, 2.75) is 10.7 Å². The van der Waals surface area contributed by atoms with E-state index in [4.69, 9.17) is 11.6 Å². The summed E-state index contributed by atoms with van der Waals surface area (Å²) in [5.74, 6) is 0.111. The molecular formula is C15H10BrClO. The molecule has 18 heavy (non-hydrogen) atoms. The standard InChI is InChI=1S/C15H10BrClO/c16-15(11-5-3-6-12(17)8-11)9-10-4-1-2-7-13(10)14(15)18/h1-8H,9H2. The lowest BCUT2D eigenvalue weighted by Crippen LogP contribution is -2.25. The second-order valence-electron chi connectivity index (χ2n) is 4.47. The highest BCUT2D eigenvalue weighted by Gasteiger charge is 2.44. The van der Waals surface area contributed by atoms with Crippen molar-refractivity contribution in [2.24, 2.45) is 0 Å². The van der Waals surface area contributed by atoms with Gasteiger partial charge >= 0.3 is 0 Å². The number of ketones is 1. The fraction of sp³-hybridized carbons (Fsp3) is 0.133. The van der Waals surface area contributed by atoms with Gasteiger partial charge < -0.3 is 0 Å². The van der Waals surface area contributed by atoms with E-state index in [2.05, 4.69) is 15.9 Å². The molecule has 0 fully saturated rings. The van der Waals surface area contributed by atoms with Crippen LogP contribution in [0.25, 0.3) is 0 Å². The van der Waals surface area contributed by atoms with Gasteiger partial charge in [0.05, 0.1) is 0 Å². The van der Waals surface area contributed by atoms with Crippen LogP contribution in [0.15, 0.2) is 48.5 Å². The largest absolute Gasteiger partial charge is 0.292 e. The molecule has 0 N–H and O–H groups in total. The maximum Gasteiger partial charge on any atom is 0.184 e. The highest BCUT2D eigenvalue weighted by atomic mass is 79.9. The lowest BCUT2D eigenvalue weighted by Gasteiger charge is -2.20. The van der Waals surface area contributed by atoms with Gasteiger partial charge in [0.25, 0.3) is 0 Å². The third kappa shape index (κ3) is 1.72. The molecule has 0 amide bonds. The van der Waals surface area contributed by atoms with E-state index in [1.54, 1.807) is 0 Å². The second kappa shape index (κ2) is 4.22. The first-order valence-corrected chi connectivity index (χ1v) is 6.86. The normalized spacial score (nSPS) is 22.0. The Morgan fingerprint density at radius 3 is 2.61 bits per heavy atom. The summed E-state index contributed by atoms with van der Waals surface area (Å²) in [6.07, 6.45) is 0.669. The Labute approximate surface area is 119 Å². The topological polar surface area (TPSA) is 17.1 Å². The SMILES string of the molecule is O=C1c2ccccc2CC1(Br)c1cccc(Cl)c1. The van der Waals surface area contributed by atoms with Gasteiger partial charge in [-0.2, -0.15) is 0 Å². The second-order valence-corrected chi connectivity index (χ2v) is 6.26. The molecule has 2 aromatic carbocycles. The van der Waals surface area contributed by atoms with Crippen molar-refractivity contribution >= 4 is 33.3 Å². The average molecular weight is 322 g/mol. The van der Waals surface area contributed by atoms with Gasteiger partial charge in [-0.1, -0.05) is 63.9 Å². The van der Waals surface area contributed by atoms with Gasteiger partial charge in [-0.25, -0.2) is 0 Å². The van der Waals surface area contributed by atoms with Crippen molar-refractivity contribution in [3.05, 3.63) is 70.2 Å². The summed E-state index contributed by atoms with van der Waals surface area (Å²) in [4.78, 5) is 12.5. The number of Topliss-reactive ketones (excluding diaryl/α,β-unsaturated/α-hetero) is 1.